The van der Waals surface area contributed by atoms with Crippen molar-refractivity contribution in [3.8, 4) is 0 Å². The molecule has 0 bridgehead atoms. The van der Waals surface area contributed by atoms with Gasteiger partial charge in [-0.25, -0.2) is 0 Å². The van der Waals surface area contributed by atoms with E-state index in [0.717, 1.165) is 59.6 Å². The van der Waals surface area contributed by atoms with Crippen LogP contribution in [0.3, 0.4) is 0 Å². The van der Waals surface area contributed by atoms with E-state index in [2.05, 4.69) is 96.0 Å². The Morgan fingerprint density at radius 1 is 0.500 bits per heavy atom. The Labute approximate surface area is 253 Å². The number of benzene rings is 2. The van der Waals surface area contributed by atoms with Gasteiger partial charge in [0.1, 0.15) is 0 Å². The summed E-state index contributed by atoms with van der Waals surface area (Å²) in [5.41, 5.74) is 6.48. The van der Waals surface area contributed by atoms with Crippen molar-refractivity contribution in [1.29, 1.82) is 0 Å². The fraction of sp³-hybridized carbons (Fsp3) is 0.316. The SMILES string of the molecule is C=C1C=CC=C1/C=N/N(CCCCCCCCCCCCN(/N=C/C1=CC=CC1=C)c1ccccc1)c1ccccc1. The molecule has 4 heteroatoms. The Balaban J connectivity index is 1.07. The van der Waals surface area contributed by atoms with Gasteiger partial charge in [0.2, 0.25) is 0 Å². The van der Waals surface area contributed by atoms with Gasteiger partial charge in [0.15, 0.2) is 0 Å². The Morgan fingerprint density at radius 2 is 0.857 bits per heavy atom. The summed E-state index contributed by atoms with van der Waals surface area (Å²) in [6, 6.07) is 20.9. The number of hydrazone groups is 2. The zero-order valence-corrected chi connectivity index (χ0v) is 25.1. The number of rotatable bonds is 19. The smallest absolute Gasteiger partial charge is 0.0593 e. The number of unbranched alkanes of at least 4 members (excludes halogenated alkanes) is 9. The molecule has 4 rings (SSSR count). The van der Waals surface area contributed by atoms with Gasteiger partial charge in [-0.3, -0.25) is 10.0 Å². The van der Waals surface area contributed by atoms with E-state index >= 15 is 0 Å². The van der Waals surface area contributed by atoms with Crippen LogP contribution in [0, 0.1) is 0 Å². The predicted octanol–water partition coefficient (Wildman–Crippen LogP) is 9.98. The minimum atomic E-state index is 0.932. The number of hydrogen-bond donors (Lipinski definition) is 0. The van der Waals surface area contributed by atoms with E-state index in [0.29, 0.717) is 0 Å². The number of allylic oxidation sites excluding steroid dienone is 10. The van der Waals surface area contributed by atoms with E-state index in [1.165, 1.54) is 51.4 Å². The molecule has 2 aromatic rings. The molecule has 42 heavy (non-hydrogen) atoms. The van der Waals surface area contributed by atoms with Crippen molar-refractivity contribution in [3.05, 3.63) is 133 Å². The molecular weight excluding hydrogens is 512 g/mol. The van der Waals surface area contributed by atoms with Gasteiger partial charge < -0.3 is 0 Å². The average Bonchev–Trinajstić information content (AvgIpc) is 3.64. The molecule has 0 radical (unpaired) electrons. The first kappa shape index (κ1) is 30.8. The van der Waals surface area contributed by atoms with Gasteiger partial charge >= 0.3 is 0 Å². The van der Waals surface area contributed by atoms with Crippen molar-refractivity contribution < 1.29 is 0 Å². The van der Waals surface area contributed by atoms with Crippen molar-refractivity contribution in [2.45, 2.75) is 64.2 Å². The van der Waals surface area contributed by atoms with Crippen LogP contribution in [0.5, 0.6) is 0 Å². The zero-order chi connectivity index (χ0) is 29.2. The highest BCUT2D eigenvalue weighted by atomic mass is 15.5. The van der Waals surface area contributed by atoms with Gasteiger partial charge in [0, 0.05) is 24.2 Å². The van der Waals surface area contributed by atoms with Crippen LogP contribution in [0.15, 0.2) is 143 Å². The molecule has 2 aromatic carbocycles. The van der Waals surface area contributed by atoms with Crippen LogP contribution in [0.4, 0.5) is 11.4 Å². The van der Waals surface area contributed by atoms with Crippen LogP contribution in [0.1, 0.15) is 64.2 Å². The molecule has 4 nitrogen and oxygen atoms in total. The van der Waals surface area contributed by atoms with Crippen LogP contribution in [0.2, 0.25) is 0 Å². The molecule has 0 amide bonds. The topological polar surface area (TPSA) is 31.2 Å². The molecule has 0 saturated carbocycles. The Morgan fingerprint density at radius 3 is 1.19 bits per heavy atom. The fourth-order valence-corrected chi connectivity index (χ4v) is 5.10. The van der Waals surface area contributed by atoms with Gasteiger partial charge in [-0.1, -0.05) is 137 Å². The highest BCUT2D eigenvalue weighted by Gasteiger charge is 2.08. The van der Waals surface area contributed by atoms with E-state index < -0.39 is 0 Å². The van der Waals surface area contributed by atoms with Crippen molar-refractivity contribution in [3.63, 3.8) is 0 Å². The maximum Gasteiger partial charge on any atom is 0.0593 e. The molecule has 0 heterocycles. The van der Waals surface area contributed by atoms with Crippen molar-refractivity contribution >= 4 is 23.8 Å². The Kier molecular flexibility index (Phi) is 12.9. The fourth-order valence-electron chi connectivity index (χ4n) is 5.10. The van der Waals surface area contributed by atoms with Gasteiger partial charge in [-0.2, -0.15) is 10.2 Å². The molecule has 0 spiro atoms. The molecule has 0 N–H and O–H groups in total. The number of anilines is 2. The lowest BCUT2D eigenvalue weighted by atomic mass is 10.1. The third-order valence-electron chi connectivity index (χ3n) is 7.66. The highest BCUT2D eigenvalue weighted by Crippen LogP contribution is 2.20. The molecular formula is C38H46N4. The van der Waals surface area contributed by atoms with Gasteiger partial charge in [0.25, 0.3) is 0 Å². The first-order valence-corrected chi connectivity index (χ1v) is 15.6. The molecule has 0 aromatic heterocycles. The molecule has 0 saturated heterocycles. The van der Waals surface area contributed by atoms with E-state index in [1.54, 1.807) is 0 Å². The molecule has 0 unspecified atom stereocenters. The molecule has 0 aliphatic heterocycles. The number of para-hydroxylation sites is 2. The summed E-state index contributed by atoms with van der Waals surface area (Å²) in [6.07, 6.45) is 28.8. The van der Waals surface area contributed by atoms with E-state index in [-0.39, 0.29) is 0 Å². The Hall–Kier alpha value is -4.18. The second-order valence-corrected chi connectivity index (χ2v) is 11.0. The summed E-state index contributed by atoms with van der Waals surface area (Å²) in [6.45, 7) is 10.0. The van der Waals surface area contributed by atoms with Crippen LogP contribution in [-0.4, -0.2) is 25.5 Å². The van der Waals surface area contributed by atoms with Gasteiger partial charge in [-0.05, 0) is 48.3 Å². The highest BCUT2D eigenvalue weighted by molar-refractivity contribution is 5.89. The monoisotopic (exact) mass is 558 g/mol. The molecule has 0 fully saturated rings. The van der Waals surface area contributed by atoms with Crippen LogP contribution >= 0.6 is 0 Å². The van der Waals surface area contributed by atoms with Crippen molar-refractivity contribution in [2.24, 2.45) is 10.2 Å². The first-order chi connectivity index (χ1) is 20.7. The summed E-state index contributed by atoms with van der Waals surface area (Å²) in [5, 5.41) is 13.8. The lowest BCUT2D eigenvalue weighted by Crippen LogP contribution is -2.18. The summed E-state index contributed by atoms with van der Waals surface area (Å²) in [7, 11) is 0. The lowest BCUT2D eigenvalue weighted by Gasteiger charge is -2.19. The van der Waals surface area contributed by atoms with Crippen LogP contribution < -0.4 is 10.0 Å². The number of nitrogens with zero attached hydrogens (tertiary/aromatic N) is 4. The molecule has 218 valence electrons. The predicted molar refractivity (Wildman–Crippen MR) is 183 cm³/mol. The van der Waals surface area contributed by atoms with Crippen LogP contribution in [0.25, 0.3) is 0 Å². The normalized spacial score (nSPS) is 14.4. The van der Waals surface area contributed by atoms with Crippen molar-refractivity contribution in [1.82, 2.24) is 0 Å². The quantitative estimate of drug-likeness (QED) is 0.0976. The first-order valence-electron chi connectivity index (χ1n) is 15.6. The summed E-state index contributed by atoms with van der Waals surface area (Å²) < 4.78 is 0. The summed E-state index contributed by atoms with van der Waals surface area (Å²) >= 11 is 0. The summed E-state index contributed by atoms with van der Waals surface area (Å²) in [5.74, 6) is 0. The minimum absolute atomic E-state index is 0.932. The third-order valence-corrected chi connectivity index (χ3v) is 7.66. The third kappa shape index (κ3) is 10.3. The standard InChI is InChI=1S/C38H46N4/c1-33-21-19-23-35(33)31-39-41(37-25-13-11-14-26-37)29-17-9-7-5-3-4-6-8-10-18-30-42(38-27-15-12-16-28-38)40-32-36-24-20-22-34(36)2/h11-16,19-28,31-32H,1-10,17-18,29-30H2/b39-31+,40-32+. The summed E-state index contributed by atoms with van der Waals surface area (Å²) in [4.78, 5) is 0. The molecule has 2 aliphatic rings. The van der Waals surface area contributed by atoms with Gasteiger partial charge in [-0.15, -0.1) is 0 Å². The average molecular weight is 559 g/mol. The van der Waals surface area contributed by atoms with Crippen LogP contribution in [-0.2, 0) is 0 Å². The second-order valence-electron chi connectivity index (χ2n) is 11.0. The van der Waals surface area contributed by atoms with Gasteiger partial charge in [0.05, 0.1) is 23.8 Å². The van der Waals surface area contributed by atoms with E-state index in [4.69, 9.17) is 10.2 Å². The molecule has 0 atom stereocenters. The Bertz CT molecular complexity index is 1210. The van der Waals surface area contributed by atoms with Crippen molar-refractivity contribution in [2.75, 3.05) is 23.1 Å². The van der Waals surface area contributed by atoms with E-state index in [1.807, 2.05) is 36.7 Å². The second kappa shape index (κ2) is 17.6. The molecule has 2 aliphatic carbocycles. The maximum absolute atomic E-state index is 4.79. The zero-order valence-electron chi connectivity index (χ0n) is 25.1. The number of hydrogen-bond acceptors (Lipinski definition) is 4. The lowest BCUT2D eigenvalue weighted by molar-refractivity contribution is 0.549. The maximum atomic E-state index is 4.79. The minimum Gasteiger partial charge on any atom is -0.266 e. The van der Waals surface area contributed by atoms with E-state index in [9.17, 15) is 0 Å². The largest absolute Gasteiger partial charge is 0.266 e.